The fourth-order valence-corrected chi connectivity index (χ4v) is 2.84. The average Bonchev–Trinajstić information content (AvgIpc) is 2.77. The fraction of sp³-hybridized carbons (Fsp3) is 0.286. The Hall–Kier alpha value is -2.90. The van der Waals surface area contributed by atoms with Gasteiger partial charge in [0, 0.05) is 29.8 Å². The van der Waals surface area contributed by atoms with Gasteiger partial charge < -0.3 is 16.0 Å². The number of nitrogens with zero attached hydrogens (tertiary/aromatic N) is 1. The molecule has 0 aromatic heterocycles. The highest BCUT2D eigenvalue weighted by atomic mass is 16.2. The number of hydrogen-bond donors (Lipinski definition) is 3. The van der Waals surface area contributed by atoms with Gasteiger partial charge in [0.15, 0.2) is 0 Å². The number of benzene rings is 1. The van der Waals surface area contributed by atoms with E-state index in [1.54, 1.807) is 18.2 Å². The number of hydrogen-bond acceptors (Lipinski definition) is 4. The zero-order chi connectivity index (χ0) is 15.9. The standard InChI is InChI=1S/C14H14N4O4/c15-14(22)16-9-3-1-2-7-8(9)6-18(13(7)21)10-4-5-11(19)17-12(10)20/h1-3,10H,4-6H2,(H3,15,16,22)(H,17,19,20). The van der Waals surface area contributed by atoms with Crippen LogP contribution in [0.25, 0.3) is 0 Å². The van der Waals surface area contributed by atoms with E-state index in [-0.39, 0.29) is 24.8 Å². The number of nitrogens with one attached hydrogen (secondary N) is 2. The van der Waals surface area contributed by atoms with Crippen LogP contribution in [0, 0.1) is 0 Å². The van der Waals surface area contributed by atoms with Crippen LogP contribution >= 0.6 is 0 Å². The van der Waals surface area contributed by atoms with E-state index >= 15 is 0 Å². The number of nitrogens with two attached hydrogens (primary N) is 1. The Kier molecular flexibility index (Phi) is 3.28. The first-order valence-electron chi connectivity index (χ1n) is 6.80. The Balaban J connectivity index is 1.89. The highest BCUT2D eigenvalue weighted by Gasteiger charge is 2.39. The minimum atomic E-state index is -0.722. The normalized spacial score (nSPS) is 20.6. The maximum Gasteiger partial charge on any atom is 0.316 e. The lowest BCUT2D eigenvalue weighted by molar-refractivity contribution is -0.136. The lowest BCUT2D eigenvalue weighted by Crippen LogP contribution is -2.52. The predicted octanol–water partition coefficient (Wildman–Crippen LogP) is -0.0618. The first-order chi connectivity index (χ1) is 10.5. The van der Waals surface area contributed by atoms with E-state index in [0.717, 1.165) is 0 Å². The monoisotopic (exact) mass is 302 g/mol. The van der Waals surface area contributed by atoms with Crippen LogP contribution < -0.4 is 16.4 Å². The second-order valence-electron chi connectivity index (χ2n) is 5.22. The van der Waals surface area contributed by atoms with Gasteiger partial charge in [0.05, 0.1) is 0 Å². The molecule has 2 heterocycles. The fourth-order valence-electron chi connectivity index (χ4n) is 2.84. The summed E-state index contributed by atoms with van der Waals surface area (Å²) in [6, 6.07) is 3.51. The van der Waals surface area contributed by atoms with Gasteiger partial charge in [-0.2, -0.15) is 0 Å². The molecule has 0 spiro atoms. The quantitative estimate of drug-likeness (QED) is 0.662. The molecule has 4 N–H and O–H groups in total. The molecular formula is C14H14N4O4. The second kappa shape index (κ2) is 5.14. The number of rotatable bonds is 2. The van der Waals surface area contributed by atoms with Crippen molar-refractivity contribution in [2.24, 2.45) is 5.73 Å². The molecular weight excluding hydrogens is 288 g/mol. The van der Waals surface area contributed by atoms with Crippen LogP contribution in [0.4, 0.5) is 10.5 Å². The summed E-state index contributed by atoms with van der Waals surface area (Å²) in [6.45, 7) is 0.191. The summed E-state index contributed by atoms with van der Waals surface area (Å²) >= 11 is 0. The van der Waals surface area contributed by atoms with Crippen LogP contribution in [0.3, 0.4) is 0 Å². The third-order valence-corrected chi connectivity index (χ3v) is 3.84. The van der Waals surface area contributed by atoms with Gasteiger partial charge in [-0.25, -0.2) is 4.79 Å². The highest BCUT2D eigenvalue weighted by molar-refractivity contribution is 6.06. The summed E-state index contributed by atoms with van der Waals surface area (Å²) in [6.07, 6.45) is 0.492. The lowest BCUT2D eigenvalue weighted by Gasteiger charge is -2.29. The molecule has 2 aliphatic rings. The molecule has 8 heteroatoms. The number of urea groups is 1. The highest BCUT2D eigenvalue weighted by Crippen LogP contribution is 2.32. The van der Waals surface area contributed by atoms with Gasteiger partial charge in [-0.15, -0.1) is 0 Å². The molecule has 8 nitrogen and oxygen atoms in total. The van der Waals surface area contributed by atoms with Gasteiger partial charge in [0.25, 0.3) is 5.91 Å². The number of fused-ring (bicyclic) bond motifs is 1. The summed E-state index contributed by atoms with van der Waals surface area (Å²) in [4.78, 5) is 48.1. The van der Waals surface area contributed by atoms with E-state index < -0.39 is 18.0 Å². The molecule has 1 unspecified atom stereocenters. The smallest absolute Gasteiger partial charge is 0.316 e. The summed E-state index contributed by atoms with van der Waals surface area (Å²) in [7, 11) is 0. The van der Waals surface area contributed by atoms with Crippen LogP contribution in [-0.4, -0.2) is 34.7 Å². The van der Waals surface area contributed by atoms with Crippen molar-refractivity contribution in [3.63, 3.8) is 0 Å². The molecule has 114 valence electrons. The van der Waals surface area contributed by atoms with Crippen molar-refractivity contribution < 1.29 is 19.2 Å². The molecule has 0 radical (unpaired) electrons. The maximum absolute atomic E-state index is 12.5. The number of imide groups is 1. The summed E-state index contributed by atoms with van der Waals surface area (Å²) in [5.74, 6) is -1.10. The number of amides is 5. The van der Waals surface area contributed by atoms with E-state index in [9.17, 15) is 19.2 Å². The minimum Gasteiger partial charge on any atom is -0.351 e. The molecule has 5 amide bonds. The summed E-state index contributed by atoms with van der Waals surface area (Å²) < 4.78 is 0. The van der Waals surface area contributed by atoms with Crippen molar-refractivity contribution in [1.29, 1.82) is 0 Å². The number of carbonyl (C=O) groups excluding carboxylic acids is 4. The zero-order valence-corrected chi connectivity index (χ0v) is 11.6. The molecule has 0 bridgehead atoms. The van der Waals surface area contributed by atoms with Gasteiger partial charge in [0.1, 0.15) is 6.04 Å². The van der Waals surface area contributed by atoms with Crippen LogP contribution in [0.1, 0.15) is 28.8 Å². The topological polar surface area (TPSA) is 122 Å². The third-order valence-electron chi connectivity index (χ3n) is 3.84. The molecule has 2 aliphatic heterocycles. The van der Waals surface area contributed by atoms with Crippen LogP contribution in [0.15, 0.2) is 18.2 Å². The Morgan fingerprint density at radius 3 is 2.77 bits per heavy atom. The van der Waals surface area contributed by atoms with Gasteiger partial charge in [-0.05, 0) is 18.6 Å². The summed E-state index contributed by atoms with van der Waals surface area (Å²) in [5.41, 5.74) is 6.62. The van der Waals surface area contributed by atoms with Crippen molar-refractivity contribution in [3.05, 3.63) is 29.3 Å². The molecule has 1 atom stereocenters. The van der Waals surface area contributed by atoms with Gasteiger partial charge >= 0.3 is 6.03 Å². The van der Waals surface area contributed by atoms with Gasteiger partial charge in [-0.1, -0.05) is 6.07 Å². The first kappa shape index (κ1) is 14.1. The molecule has 22 heavy (non-hydrogen) atoms. The van der Waals surface area contributed by atoms with Crippen LogP contribution in [0.5, 0.6) is 0 Å². The van der Waals surface area contributed by atoms with E-state index in [1.807, 2.05) is 0 Å². The lowest BCUT2D eigenvalue weighted by atomic mass is 10.0. The van der Waals surface area contributed by atoms with E-state index in [0.29, 0.717) is 23.2 Å². The Bertz CT molecular complexity index is 700. The molecule has 3 rings (SSSR count). The van der Waals surface area contributed by atoms with Gasteiger partial charge in [0.2, 0.25) is 11.8 Å². The van der Waals surface area contributed by atoms with Crippen molar-refractivity contribution in [2.75, 3.05) is 5.32 Å². The minimum absolute atomic E-state index is 0.191. The molecule has 0 aliphatic carbocycles. The van der Waals surface area contributed by atoms with Crippen molar-refractivity contribution in [1.82, 2.24) is 10.2 Å². The zero-order valence-electron chi connectivity index (χ0n) is 11.6. The van der Waals surface area contributed by atoms with Gasteiger partial charge in [-0.3, -0.25) is 19.7 Å². The van der Waals surface area contributed by atoms with E-state index in [4.69, 9.17) is 5.73 Å². The van der Waals surface area contributed by atoms with Crippen LogP contribution in [-0.2, 0) is 16.1 Å². The molecule has 1 aromatic carbocycles. The largest absolute Gasteiger partial charge is 0.351 e. The number of primary amides is 1. The molecule has 1 saturated heterocycles. The molecule has 1 fully saturated rings. The predicted molar refractivity (Wildman–Crippen MR) is 75.7 cm³/mol. The maximum atomic E-state index is 12.5. The first-order valence-corrected chi connectivity index (χ1v) is 6.80. The SMILES string of the molecule is NC(=O)Nc1cccc2c1CN(C1CCC(=O)NC1=O)C2=O. The Labute approximate surface area is 125 Å². The van der Waals surface area contributed by atoms with E-state index in [1.165, 1.54) is 4.90 Å². The average molecular weight is 302 g/mol. The van der Waals surface area contributed by atoms with E-state index in [2.05, 4.69) is 10.6 Å². The third kappa shape index (κ3) is 2.28. The summed E-state index contributed by atoms with van der Waals surface area (Å²) in [5, 5.41) is 4.71. The van der Waals surface area contributed by atoms with Crippen molar-refractivity contribution >= 4 is 29.4 Å². The number of anilines is 1. The van der Waals surface area contributed by atoms with Crippen molar-refractivity contribution in [3.8, 4) is 0 Å². The molecule has 0 saturated carbocycles. The Morgan fingerprint density at radius 1 is 1.32 bits per heavy atom. The van der Waals surface area contributed by atoms with Crippen molar-refractivity contribution in [2.45, 2.75) is 25.4 Å². The Morgan fingerprint density at radius 2 is 2.09 bits per heavy atom. The molecule has 1 aromatic rings. The number of carbonyl (C=O) groups is 4. The number of piperidine rings is 1. The van der Waals surface area contributed by atoms with Crippen LogP contribution in [0.2, 0.25) is 0 Å². The second-order valence-corrected chi connectivity index (χ2v) is 5.22.